The first kappa shape index (κ1) is 22.2. The molecule has 0 aliphatic heterocycles. The third-order valence-corrected chi connectivity index (χ3v) is 6.84. The van der Waals surface area contributed by atoms with Crippen LogP contribution < -0.4 is 10.3 Å². The van der Waals surface area contributed by atoms with Crippen molar-refractivity contribution in [1.29, 1.82) is 0 Å². The van der Waals surface area contributed by atoms with Gasteiger partial charge in [-0.25, -0.2) is 18.1 Å². The van der Waals surface area contributed by atoms with E-state index in [1.165, 1.54) is 6.07 Å². The molecular formula is C21H24N4O3S2. The summed E-state index contributed by atoms with van der Waals surface area (Å²) in [5, 5.41) is 0. The number of rotatable bonds is 8. The number of aryl methyl sites for hydroxylation is 2. The second-order valence-electron chi connectivity index (χ2n) is 6.94. The lowest BCUT2D eigenvalue weighted by atomic mass is 10.1. The Morgan fingerprint density at radius 1 is 1.13 bits per heavy atom. The van der Waals surface area contributed by atoms with Crippen LogP contribution >= 0.6 is 11.8 Å². The molecule has 3 aromatic rings. The number of sulfonamides is 1. The molecule has 0 unspecified atom stereocenters. The van der Waals surface area contributed by atoms with Crippen LogP contribution in [0.4, 0.5) is 0 Å². The summed E-state index contributed by atoms with van der Waals surface area (Å²) in [5.74, 6) is 1.01. The molecule has 1 aromatic carbocycles. The van der Waals surface area contributed by atoms with Crippen LogP contribution in [0.1, 0.15) is 29.3 Å². The molecule has 0 fully saturated rings. The topological polar surface area (TPSA) is 105 Å². The molecule has 0 spiro atoms. The molecule has 0 aliphatic rings. The molecule has 2 heterocycles. The van der Waals surface area contributed by atoms with E-state index < -0.39 is 16.1 Å². The molecule has 158 valence electrons. The lowest BCUT2D eigenvalue weighted by molar-refractivity contribution is 0.545. The van der Waals surface area contributed by atoms with Gasteiger partial charge in [-0.15, -0.1) is 0 Å². The molecule has 7 nitrogen and oxygen atoms in total. The van der Waals surface area contributed by atoms with Gasteiger partial charge in [-0.3, -0.25) is 9.78 Å². The molecule has 3 rings (SSSR count). The molecular weight excluding hydrogens is 420 g/mol. The lowest BCUT2D eigenvalue weighted by Gasteiger charge is -2.19. The van der Waals surface area contributed by atoms with Gasteiger partial charge in [0.15, 0.2) is 5.82 Å². The summed E-state index contributed by atoms with van der Waals surface area (Å²) >= 11 is 1.59. The Morgan fingerprint density at radius 3 is 2.60 bits per heavy atom. The third kappa shape index (κ3) is 5.35. The lowest BCUT2D eigenvalue weighted by Crippen LogP contribution is -2.31. The predicted molar refractivity (Wildman–Crippen MR) is 120 cm³/mol. The smallest absolute Gasteiger partial charge is 0.251 e. The largest absolute Gasteiger partial charge is 0.305 e. The summed E-state index contributed by atoms with van der Waals surface area (Å²) in [6, 6.07) is 11.0. The van der Waals surface area contributed by atoms with Crippen molar-refractivity contribution in [2.45, 2.75) is 31.2 Å². The fourth-order valence-electron chi connectivity index (χ4n) is 2.92. The number of nitrogens with zero attached hydrogens (tertiary/aromatic N) is 2. The van der Waals surface area contributed by atoms with Gasteiger partial charge in [0.2, 0.25) is 10.0 Å². The molecule has 30 heavy (non-hydrogen) atoms. The zero-order chi connectivity index (χ0) is 21.7. The van der Waals surface area contributed by atoms with Gasteiger partial charge in [0.05, 0.1) is 16.6 Å². The van der Waals surface area contributed by atoms with Crippen LogP contribution in [0.15, 0.2) is 58.4 Å². The van der Waals surface area contributed by atoms with E-state index in [4.69, 9.17) is 0 Å². The van der Waals surface area contributed by atoms with Gasteiger partial charge >= 0.3 is 0 Å². The molecule has 0 radical (unpaired) electrons. The van der Waals surface area contributed by atoms with Gasteiger partial charge in [-0.1, -0.05) is 12.1 Å². The molecule has 0 bridgehead atoms. The number of aromatic amines is 1. The minimum Gasteiger partial charge on any atom is -0.305 e. The normalized spacial score (nSPS) is 12.6. The fourth-order valence-corrected chi connectivity index (χ4v) is 4.72. The zero-order valence-corrected chi connectivity index (χ0v) is 18.7. The number of benzene rings is 1. The first-order chi connectivity index (χ1) is 14.3. The van der Waals surface area contributed by atoms with Crippen molar-refractivity contribution in [3.05, 3.63) is 75.8 Å². The van der Waals surface area contributed by atoms with Gasteiger partial charge in [0.25, 0.3) is 5.56 Å². The van der Waals surface area contributed by atoms with E-state index in [-0.39, 0.29) is 10.5 Å². The number of H-pyrrole nitrogens is 1. The third-order valence-electron chi connectivity index (χ3n) is 4.72. The van der Waals surface area contributed by atoms with Crippen LogP contribution in [0.2, 0.25) is 0 Å². The van der Waals surface area contributed by atoms with Crippen molar-refractivity contribution >= 4 is 21.8 Å². The highest BCUT2D eigenvalue weighted by Gasteiger charge is 2.23. The Balaban J connectivity index is 1.99. The molecule has 1 atom stereocenters. The second kappa shape index (κ2) is 9.55. The minimum atomic E-state index is -3.79. The maximum absolute atomic E-state index is 13.0. The Bertz CT molecular complexity index is 1180. The molecule has 2 N–H and O–H groups in total. The highest BCUT2D eigenvalue weighted by Crippen LogP contribution is 2.22. The van der Waals surface area contributed by atoms with Crippen LogP contribution in [-0.4, -0.2) is 35.4 Å². The van der Waals surface area contributed by atoms with Crippen LogP contribution in [-0.2, 0) is 10.0 Å². The number of hydrogen-bond acceptors (Lipinski definition) is 6. The Labute approximate surface area is 180 Å². The van der Waals surface area contributed by atoms with E-state index in [1.807, 2.05) is 20.1 Å². The Morgan fingerprint density at radius 2 is 1.93 bits per heavy atom. The fraction of sp³-hybridized carbons (Fsp3) is 0.286. The van der Waals surface area contributed by atoms with Crippen molar-refractivity contribution in [3.63, 3.8) is 0 Å². The first-order valence-corrected chi connectivity index (χ1v) is 12.3. The van der Waals surface area contributed by atoms with E-state index in [0.29, 0.717) is 29.4 Å². The standard InChI is InChI=1S/C21H24N4O3S2/c1-14-7-8-16(12-15(14)2)30(27,28)25-17(9-11-29-3)19-13-20(26)24-21(23-19)18-6-4-5-10-22-18/h4-8,10,12-13,17,25H,9,11H2,1-3H3,(H,23,24,26)/t17-/m1/s1. The summed E-state index contributed by atoms with van der Waals surface area (Å²) in [6.45, 7) is 3.80. The van der Waals surface area contributed by atoms with Gasteiger partial charge < -0.3 is 4.98 Å². The van der Waals surface area contributed by atoms with E-state index >= 15 is 0 Å². The number of nitrogens with one attached hydrogen (secondary N) is 2. The van der Waals surface area contributed by atoms with Crippen molar-refractivity contribution in [1.82, 2.24) is 19.7 Å². The van der Waals surface area contributed by atoms with Crippen LogP contribution in [0.3, 0.4) is 0 Å². The maximum Gasteiger partial charge on any atom is 0.251 e. The summed E-state index contributed by atoms with van der Waals surface area (Å²) in [5.41, 5.74) is 2.42. The quantitative estimate of drug-likeness (QED) is 0.553. The number of pyridine rings is 1. The Hall–Kier alpha value is -2.49. The summed E-state index contributed by atoms with van der Waals surface area (Å²) in [6.07, 6.45) is 4.04. The highest BCUT2D eigenvalue weighted by molar-refractivity contribution is 7.98. The second-order valence-corrected chi connectivity index (χ2v) is 9.63. The van der Waals surface area contributed by atoms with Crippen molar-refractivity contribution < 1.29 is 8.42 Å². The van der Waals surface area contributed by atoms with Crippen molar-refractivity contribution in [2.24, 2.45) is 0 Å². The monoisotopic (exact) mass is 444 g/mol. The highest BCUT2D eigenvalue weighted by atomic mass is 32.2. The van der Waals surface area contributed by atoms with Gasteiger partial charge in [-0.05, 0) is 67.7 Å². The van der Waals surface area contributed by atoms with Crippen molar-refractivity contribution in [3.8, 4) is 11.5 Å². The van der Waals surface area contributed by atoms with Crippen LogP contribution in [0.5, 0.6) is 0 Å². The summed E-state index contributed by atoms with van der Waals surface area (Å²) < 4.78 is 28.8. The van der Waals surface area contributed by atoms with E-state index in [1.54, 1.807) is 54.4 Å². The SMILES string of the molecule is CSCC[C@@H](NS(=O)(=O)c1ccc(C)c(C)c1)c1cc(=O)[nH]c(-c2ccccn2)n1. The van der Waals surface area contributed by atoms with Crippen LogP contribution in [0, 0.1) is 13.8 Å². The molecule has 0 amide bonds. The molecule has 0 aliphatic carbocycles. The zero-order valence-electron chi connectivity index (χ0n) is 17.0. The van der Waals surface area contributed by atoms with E-state index in [0.717, 1.165) is 11.1 Å². The summed E-state index contributed by atoms with van der Waals surface area (Å²) in [4.78, 5) is 23.9. The van der Waals surface area contributed by atoms with Crippen LogP contribution in [0.25, 0.3) is 11.5 Å². The summed E-state index contributed by atoms with van der Waals surface area (Å²) in [7, 11) is -3.79. The maximum atomic E-state index is 13.0. The number of thioether (sulfide) groups is 1. The van der Waals surface area contributed by atoms with Gasteiger partial charge in [0, 0.05) is 12.3 Å². The average Bonchev–Trinajstić information content (AvgIpc) is 2.73. The van der Waals surface area contributed by atoms with Gasteiger partial charge in [-0.2, -0.15) is 11.8 Å². The number of hydrogen-bond donors (Lipinski definition) is 2. The molecule has 9 heteroatoms. The first-order valence-electron chi connectivity index (χ1n) is 9.41. The van der Waals surface area contributed by atoms with Crippen molar-refractivity contribution in [2.75, 3.05) is 12.0 Å². The van der Waals surface area contributed by atoms with Gasteiger partial charge in [0.1, 0.15) is 5.69 Å². The minimum absolute atomic E-state index is 0.189. The molecule has 0 saturated carbocycles. The molecule has 0 saturated heterocycles. The average molecular weight is 445 g/mol. The van der Waals surface area contributed by atoms with E-state index in [2.05, 4.69) is 19.7 Å². The van der Waals surface area contributed by atoms with E-state index in [9.17, 15) is 13.2 Å². The molecule has 2 aromatic heterocycles. The Kier molecular flexibility index (Phi) is 7.06. The predicted octanol–water partition coefficient (Wildman–Crippen LogP) is 3.22. The number of aromatic nitrogens is 3.